The number of carbonyl (C=O) groups excluding carboxylic acids is 2. The summed E-state index contributed by atoms with van der Waals surface area (Å²) in [7, 11) is 0. The molecular weight excluding hydrogens is 328 g/mol. The Balaban J connectivity index is 1.75. The average Bonchev–Trinajstić information content (AvgIpc) is 3.18. The van der Waals surface area contributed by atoms with Crippen molar-refractivity contribution in [3.8, 4) is 0 Å². The van der Waals surface area contributed by atoms with Crippen molar-refractivity contribution in [1.29, 1.82) is 0 Å². The van der Waals surface area contributed by atoms with E-state index in [1.807, 2.05) is 32.0 Å². The number of carbonyl (C=O) groups is 2. The summed E-state index contributed by atoms with van der Waals surface area (Å²) in [5.41, 5.74) is 1.79. The van der Waals surface area contributed by atoms with Crippen molar-refractivity contribution in [3.05, 3.63) is 60.1 Å². The summed E-state index contributed by atoms with van der Waals surface area (Å²) in [4.78, 5) is 26.3. The maximum Gasteiger partial charge on any atom is 0.257 e. The second kappa shape index (κ2) is 10.4. The first-order valence-corrected chi connectivity index (χ1v) is 9.25. The van der Waals surface area contributed by atoms with Gasteiger partial charge in [0.05, 0.1) is 11.8 Å². The Hall–Kier alpha value is -2.56. The average molecular weight is 356 g/mol. The van der Waals surface area contributed by atoms with E-state index in [4.69, 9.17) is 4.42 Å². The second-order valence-corrected chi connectivity index (χ2v) is 6.55. The minimum absolute atomic E-state index is 0.0216. The highest BCUT2D eigenvalue weighted by Crippen LogP contribution is 2.08. The van der Waals surface area contributed by atoms with Crippen LogP contribution in [0.1, 0.15) is 49.0 Å². The Morgan fingerprint density at radius 1 is 1.15 bits per heavy atom. The smallest absolute Gasteiger partial charge is 0.257 e. The third kappa shape index (κ3) is 6.39. The zero-order valence-corrected chi connectivity index (χ0v) is 15.6. The molecule has 0 spiro atoms. The van der Waals surface area contributed by atoms with E-state index in [0.29, 0.717) is 25.1 Å². The van der Waals surface area contributed by atoms with Crippen molar-refractivity contribution < 1.29 is 14.0 Å². The molecular formula is C21H28N2O3. The standard InChI is InChI=1S/C21H28N2O3/c1-3-13-23(21(25)19-12-15-26-16-19)14-11-20(24)22-17(2)9-10-18-7-5-4-6-8-18/h4-8,12,15-17H,3,9-11,13-14H2,1-2H3,(H,22,24). The molecule has 0 radical (unpaired) electrons. The molecule has 1 N–H and O–H groups in total. The van der Waals surface area contributed by atoms with E-state index in [9.17, 15) is 9.59 Å². The molecule has 140 valence electrons. The number of hydrogen-bond acceptors (Lipinski definition) is 3. The first-order valence-electron chi connectivity index (χ1n) is 9.25. The Kier molecular flexibility index (Phi) is 7.93. The molecule has 5 nitrogen and oxygen atoms in total. The maximum absolute atomic E-state index is 12.4. The molecule has 0 saturated carbocycles. The quantitative estimate of drug-likeness (QED) is 0.707. The lowest BCUT2D eigenvalue weighted by Gasteiger charge is -2.22. The fourth-order valence-corrected chi connectivity index (χ4v) is 2.84. The van der Waals surface area contributed by atoms with E-state index in [0.717, 1.165) is 19.3 Å². The third-order valence-electron chi connectivity index (χ3n) is 4.27. The summed E-state index contributed by atoms with van der Waals surface area (Å²) in [5.74, 6) is -0.114. The number of nitrogens with one attached hydrogen (secondary N) is 1. The Bertz CT molecular complexity index is 668. The molecule has 1 aromatic heterocycles. The molecule has 2 aromatic rings. The van der Waals surface area contributed by atoms with Crippen molar-refractivity contribution in [2.45, 2.75) is 45.6 Å². The topological polar surface area (TPSA) is 62.6 Å². The summed E-state index contributed by atoms with van der Waals surface area (Å²) in [6, 6.07) is 12.0. The predicted octanol–water partition coefficient (Wildman–Crippen LogP) is 3.66. The number of amides is 2. The molecule has 1 atom stereocenters. The molecule has 0 bridgehead atoms. The Labute approximate surface area is 155 Å². The summed E-state index contributed by atoms with van der Waals surface area (Å²) in [6.07, 6.45) is 5.90. The van der Waals surface area contributed by atoms with Crippen LogP contribution < -0.4 is 5.32 Å². The van der Waals surface area contributed by atoms with Crippen LogP contribution in [0.5, 0.6) is 0 Å². The van der Waals surface area contributed by atoms with Crippen LogP contribution in [0.15, 0.2) is 53.3 Å². The van der Waals surface area contributed by atoms with Gasteiger partial charge in [-0.2, -0.15) is 0 Å². The Morgan fingerprint density at radius 2 is 1.92 bits per heavy atom. The fourth-order valence-electron chi connectivity index (χ4n) is 2.84. The number of benzene rings is 1. The molecule has 2 rings (SSSR count). The van der Waals surface area contributed by atoms with Gasteiger partial charge in [-0.1, -0.05) is 37.3 Å². The van der Waals surface area contributed by atoms with E-state index in [1.165, 1.54) is 18.1 Å². The van der Waals surface area contributed by atoms with E-state index >= 15 is 0 Å². The molecule has 0 aliphatic heterocycles. The van der Waals surface area contributed by atoms with Crippen LogP contribution in [0.4, 0.5) is 0 Å². The minimum atomic E-state index is -0.0921. The summed E-state index contributed by atoms with van der Waals surface area (Å²) >= 11 is 0. The SMILES string of the molecule is CCCN(CCC(=O)NC(C)CCc1ccccc1)C(=O)c1ccoc1. The second-order valence-electron chi connectivity index (χ2n) is 6.55. The molecule has 0 fully saturated rings. The van der Waals surface area contributed by atoms with Gasteiger partial charge < -0.3 is 14.6 Å². The normalized spacial score (nSPS) is 11.8. The molecule has 5 heteroatoms. The molecule has 1 aromatic carbocycles. The minimum Gasteiger partial charge on any atom is -0.472 e. The number of nitrogens with zero attached hydrogens (tertiary/aromatic N) is 1. The lowest BCUT2D eigenvalue weighted by atomic mass is 10.1. The lowest BCUT2D eigenvalue weighted by molar-refractivity contribution is -0.121. The van der Waals surface area contributed by atoms with Gasteiger partial charge in [0.2, 0.25) is 5.91 Å². The van der Waals surface area contributed by atoms with Crippen LogP contribution >= 0.6 is 0 Å². The predicted molar refractivity (Wildman–Crippen MR) is 102 cm³/mol. The van der Waals surface area contributed by atoms with Gasteiger partial charge in [-0.25, -0.2) is 0 Å². The van der Waals surface area contributed by atoms with Crippen LogP contribution in [0.2, 0.25) is 0 Å². The van der Waals surface area contributed by atoms with Crippen LogP contribution in [-0.2, 0) is 11.2 Å². The number of furan rings is 1. The van der Waals surface area contributed by atoms with E-state index < -0.39 is 0 Å². The molecule has 26 heavy (non-hydrogen) atoms. The zero-order valence-electron chi connectivity index (χ0n) is 15.6. The van der Waals surface area contributed by atoms with E-state index in [1.54, 1.807) is 11.0 Å². The van der Waals surface area contributed by atoms with Gasteiger partial charge in [-0.3, -0.25) is 9.59 Å². The summed E-state index contributed by atoms with van der Waals surface area (Å²) in [6.45, 7) is 5.07. The van der Waals surface area contributed by atoms with Crippen molar-refractivity contribution in [2.75, 3.05) is 13.1 Å². The zero-order chi connectivity index (χ0) is 18.8. The lowest BCUT2D eigenvalue weighted by Crippen LogP contribution is -2.38. The van der Waals surface area contributed by atoms with Crippen molar-refractivity contribution in [3.63, 3.8) is 0 Å². The largest absolute Gasteiger partial charge is 0.472 e. The van der Waals surface area contributed by atoms with E-state index in [-0.39, 0.29) is 17.9 Å². The number of rotatable bonds is 10. The molecule has 2 amide bonds. The van der Waals surface area contributed by atoms with Crippen molar-refractivity contribution in [2.24, 2.45) is 0 Å². The summed E-state index contributed by atoms with van der Waals surface area (Å²) in [5, 5.41) is 3.03. The first kappa shape index (κ1) is 19.8. The molecule has 1 unspecified atom stereocenters. The van der Waals surface area contributed by atoms with Gasteiger partial charge in [0.25, 0.3) is 5.91 Å². The molecule has 0 saturated heterocycles. The first-order chi connectivity index (χ1) is 12.6. The molecule has 1 heterocycles. The van der Waals surface area contributed by atoms with E-state index in [2.05, 4.69) is 17.4 Å². The van der Waals surface area contributed by atoms with Crippen LogP contribution in [-0.4, -0.2) is 35.8 Å². The number of hydrogen-bond donors (Lipinski definition) is 1. The van der Waals surface area contributed by atoms with Crippen molar-refractivity contribution >= 4 is 11.8 Å². The van der Waals surface area contributed by atoms with Gasteiger partial charge in [-0.15, -0.1) is 0 Å². The molecule has 0 aliphatic rings. The monoisotopic (exact) mass is 356 g/mol. The molecule has 0 aliphatic carbocycles. The van der Waals surface area contributed by atoms with Gasteiger partial charge in [0, 0.05) is 25.6 Å². The third-order valence-corrected chi connectivity index (χ3v) is 4.27. The number of aryl methyl sites for hydroxylation is 1. The van der Waals surface area contributed by atoms with Crippen LogP contribution in [0, 0.1) is 0 Å². The fraction of sp³-hybridized carbons (Fsp3) is 0.429. The summed E-state index contributed by atoms with van der Waals surface area (Å²) < 4.78 is 4.98. The van der Waals surface area contributed by atoms with Gasteiger partial charge >= 0.3 is 0 Å². The van der Waals surface area contributed by atoms with Gasteiger partial charge in [0.1, 0.15) is 6.26 Å². The maximum atomic E-state index is 12.4. The van der Waals surface area contributed by atoms with Gasteiger partial charge in [-0.05, 0) is 37.8 Å². The highest BCUT2D eigenvalue weighted by molar-refractivity contribution is 5.94. The highest BCUT2D eigenvalue weighted by atomic mass is 16.3. The Morgan fingerprint density at radius 3 is 2.58 bits per heavy atom. The van der Waals surface area contributed by atoms with Crippen LogP contribution in [0.25, 0.3) is 0 Å². The van der Waals surface area contributed by atoms with Crippen LogP contribution in [0.3, 0.4) is 0 Å². The van der Waals surface area contributed by atoms with Crippen molar-refractivity contribution in [1.82, 2.24) is 10.2 Å². The highest BCUT2D eigenvalue weighted by Gasteiger charge is 2.17. The van der Waals surface area contributed by atoms with Gasteiger partial charge in [0.15, 0.2) is 0 Å².